The summed E-state index contributed by atoms with van der Waals surface area (Å²) in [5.74, 6) is -0.327. The van der Waals surface area contributed by atoms with Gasteiger partial charge in [0.2, 0.25) is 0 Å². The molecule has 0 aliphatic heterocycles. The van der Waals surface area contributed by atoms with Crippen LogP contribution in [0.25, 0.3) is 0 Å². The van der Waals surface area contributed by atoms with E-state index in [1.54, 1.807) is 12.1 Å². The minimum Gasteiger partial charge on any atom is -0.465 e. The van der Waals surface area contributed by atoms with Crippen molar-refractivity contribution in [2.24, 2.45) is 0 Å². The summed E-state index contributed by atoms with van der Waals surface area (Å²) >= 11 is 0. The summed E-state index contributed by atoms with van der Waals surface area (Å²) in [6, 6.07) is 7.33. The second-order valence-electron chi connectivity index (χ2n) is 6.50. The average molecular weight is 336 g/mol. The summed E-state index contributed by atoms with van der Waals surface area (Å²) in [4.78, 5) is 22.8. The summed E-state index contributed by atoms with van der Waals surface area (Å²) in [6.07, 6.45) is 1.46. The summed E-state index contributed by atoms with van der Waals surface area (Å²) in [5, 5.41) is 6.07. The van der Waals surface area contributed by atoms with Gasteiger partial charge >= 0.3 is 12.1 Å². The monoisotopic (exact) mass is 336 g/mol. The van der Waals surface area contributed by atoms with Crippen molar-refractivity contribution in [3.05, 3.63) is 35.4 Å². The number of esters is 1. The highest BCUT2D eigenvalue weighted by Crippen LogP contribution is 2.07. The van der Waals surface area contributed by atoms with Crippen LogP contribution in [0.15, 0.2) is 24.3 Å². The van der Waals surface area contributed by atoms with E-state index in [1.165, 1.54) is 7.11 Å². The van der Waals surface area contributed by atoms with Gasteiger partial charge in [0.15, 0.2) is 0 Å². The van der Waals surface area contributed by atoms with E-state index < -0.39 is 5.60 Å². The van der Waals surface area contributed by atoms with Gasteiger partial charge in [-0.25, -0.2) is 9.59 Å². The van der Waals surface area contributed by atoms with E-state index >= 15 is 0 Å². The number of hydrogen-bond acceptors (Lipinski definition) is 5. The molecule has 0 saturated carbocycles. The fraction of sp³-hybridized carbons (Fsp3) is 0.556. The van der Waals surface area contributed by atoms with Gasteiger partial charge in [-0.3, -0.25) is 0 Å². The van der Waals surface area contributed by atoms with Gasteiger partial charge in [-0.05, 0) is 57.9 Å². The molecule has 2 N–H and O–H groups in total. The minimum atomic E-state index is -0.463. The first-order valence-electron chi connectivity index (χ1n) is 8.16. The molecule has 1 aromatic carbocycles. The molecule has 0 aliphatic rings. The first kappa shape index (κ1) is 20.0. The molecule has 24 heavy (non-hydrogen) atoms. The van der Waals surface area contributed by atoms with Gasteiger partial charge in [-0.15, -0.1) is 0 Å². The highest BCUT2D eigenvalue weighted by molar-refractivity contribution is 5.89. The van der Waals surface area contributed by atoms with E-state index in [4.69, 9.17) is 4.74 Å². The molecule has 1 rings (SSSR count). The van der Waals surface area contributed by atoms with E-state index in [1.807, 2.05) is 32.9 Å². The molecule has 0 radical (unpaired) electrons. The van der Waals surface area contributed by atoms with Crippen molar-refractivity contribution in [1.82, 2.24) is 10.6 Å². The normalized spacial score (nSPS) is 11.0. The number of amides is 1. The lowest BCUT2D eigenvalue weighted by molar-refractivity contribution is 0.0525. The van der Waals surface area contributed by atoms with Crippen molar-refractivity contribution in [3.63, 3.8) is 0 Å². The first-order chi connectivity index (χ1) is 11.3. The molecule has 0 aliphatic carbocycles. The molecule has 0 atom stereocenters. The predicted octanol–water partition coefficient (Wildman–Crippen LogP) is 2.87. The quantitative estimate of drug-likeness (QED) is 0.564. The lowest BCUT2D eigenvalue weighted by Crippen LogP contribution is -2.33. The van der Waals surface area contributed by atoms with Crippen molar-refractivity contribution in [2.75, 3.05) is 20.2 Å². The molecule has 0 bridgehead atoms. The van der Waals surface area contributed by atoms with E-state index in [9.17, 15) is 9.59 Å². The molecule has 0 heterocycles. The van der Waals surface area contributed by atoms with Gasteiger partial charge in [-0.1, -0.05) is 12.1 Å². The number of nitrogens with one attached hydrogen (secondary N) is 2. The Morgan fingerprint density at radius 3 is 2.25 bits per heavy atom. The standard InChI is InChI=1S/C18H28N2O4/c1-18(2,3)24-17(22)20-12-6-5-11-19-13-14-7-9-15(10-8-14)16(21)23-4/h7-10,19H,5-6,11-13H2,1-4H3,(H,20,22). The maximum Gasteiger partial charge on any atom is 0.407 e. The fourth-order valence-electron chi connectivity index (χ4n) is 1.99. The van der Waals surface area contributed by atoms with Crippen LogP contribution >= 0.6 is 0 Å². The van der Waals surface area contributed by atoms with Gasteiger partial charge < -0.3 is 20.1 Å². The number of hydrogen-bond donors (Lipinski definition) is 2. The van der Waals surface area contributed by atoms with Crippen LogP contribution in [-0.2, 0) is 16.0 Å². The molecule has 0 unspecified atom stereocenters. The van der Waals surface area contributed by atoms with Crippen LogP contribution in [0.1, 0.15) is 49.5 Å². The third kappa shape index (κ3) is 8.53. The van der Waals surface area contributed by atoms with Crippen molar-refractivity contribution in [2.45, 2.75) is 45.8 Å². The Hall–Kier alpha value is -2.08. The molecule has 134 valence electrons. The number of alkyl carbamates (subject to hydrolysis) is 1. The molecule has 0 saturated heterocycles. The molecular formula is C18H28N2O4. The smallest absolute Gasteiger partial charge is 0.407 e. The second kappa shape index (κ2) is 9.93. The lowest BCUT2D eigenvalue weighted by atomic mass is 10.1. The Bertz CT molecular complexity index is 521. The summed E-state index contributed by atoms with van der Waals surface area (Å²) < 4.78 is 9.82. The maximum absolute atomic E-state index is 11.4. The Kier molecular flexibility index (Phi) is 8.26. The molecule has 6 nitrogen and oxygen atoms in total. The second-order valence-corrected chi connectivity index (χ2v) is 6.50. The van der Waals surface area contributed by atoms with E-state index in [0.717, 1.165) is 31.5 Å². The lowest BCUT2D eigenvalue weighted by Gasteiger charge is -2.19. The minimum absolute atomic E-state index is 0.327. The van der Waals surface area contributed by atoms with E-state index in [2.05, 4.69) is 15.4 Å². The van der Waals surface area contributed by atoms with Crippen molar-refractivity contribution in [3.8, 4) is 0 Å². The molecular weight excluding hydrogens is 308 g/mol. The van der Waals surface area contributed by atoms with Crippen LogP contribution < -0.4 is 10.6 Å². The molecule has 6 heteroatoms. The number of rotatable bonds is 8. The highest BCUT2D eigenvalue weighted by atomic mass is 16.6. The summed E-state index contributed by atoms with van der Waals surface area (Å²) in [7, 11) is 1.37. The van der Waals surface area contributed by atoms with Crippen molar-refractivity contribution < 1.29 is 19.1 Å². The number of methoxy groups -OCH3 is 1. The molecule has 0 spiro atoms. The molecule has 0 aromatic heterocycles. The van der Waals surface area contributed by atoms with Crippen molar-refractivity contribution >= 4 is 12.1 Å². The maximum atomic E-state index is 11.4. The molecule has 1 aromatic rings. The van der Waals surface area contributed by atoms with Crippen LogP contribution in [0.4, 0.5) is 4.79 Å². The Balaban J connectivity index is 2.10. The number of carbonyl (C=O) groups is 2. The van der Waals surface area contributed by atoms with Gasteiger partial charge in [0.05, 0.1) is 12.7 Å². The molecule has 1 amide bonds. The third-order valence-corrected chi connectivity index (χ3v) is 3.15. The van der Waals surface area contributed by atoms with Gasteiger partial charge in [0.25, 0.3) is 0 Å². The average Bonchev–Trinajstić information content (AvgIpc) is 2.52. The zero-order valence-electron chi connectivity index (χ0n) is 15.0. The predicted molar refractivity (Wildman–Crippen MR) is 93.0 cm³/mol. The first-order valence-corrected chi connectivity index (χ1v) is 8.16. The van der Waals surface area contributed by atoms with E-state index in [-0.39, 0.29) is 12.1 Å². The largest absolute Gasteiger partial charge is 0.465 e. The Morgan fingerprint density at radius 2 is 1.67 bits per heavy atom. The zero-order valence-corrected chi connectivity index (χ0v) is 15.0. The van der Waals surface area contributed by atoms with Crippen LogP contribution in [0.5, 0.6) is 0 Å². The van der Waals surface area contributed by atoms with Gasteiger partial charge in [0.1, 0.15) is 5.60 Å². The van der Waals surface area contributed by atoms with Crippen LogP contribution in [0, 0.1) is 0 Å². The molecule has 0 fully saturated rings. The SMILES string of the molecule is COC(=O)c1ccc(CNCCCCNC(=O)OC(C)(C)C)cc1. The Morgan fingerprint density at radius 1 is 1.04 bits per heavy atom. The highest BCUT2D eigenvalue weighted by Gasteiger charge is 2.15. The number of ether oxygens (including phenoxy) is 2. The van der Waals surface area contributed by atoms with Gasteiger partial charge in [0, 0.05) is 13.1 Å². The third-order valence-electron chi connectivity index (χ3n) is 3.15. The number of unbranched alkanes of at least 4 members (excludes halogenated alkanes) is 1. The zero-order chi connectivity index (χ0) is 18.0. The summed E-state index contributed by atoms with van der Waals surface area (Å²) in [5.41, 5.74) is 1.19. The number of carbonyl (C=O) groups excluding carboxylic acids is 2. The van der Waals surface area contributed by atoms with Crippen LogP contribution in [0.3, 0.4) is 0 Å². The van der Waals surface area contributed by atoms with Crippen LogP contribution in [-0.4, -0.2) is 37.9 Å². The van der Waals surface area contributed by atoms with Crippen LogP contribution in [0.2, 0.25) is 0 Å². The fourth-order valence-corrected chi connectivity index (χ4v) is 1.99. The number of benzene rings is 1. The van der Waals surface area contributed by atoms with Crippen molar-refractivity contribution in [1.29, 1.82) is 0 Å². The summed E-state index contributed by atoms with van der Waals surface area (Å²) in [6.45, 7) is 7.72. The van der Waals surface area contributed by atoms with E-state index in [0.29, 0.717) is 12.1 Å². The Labute approximate surface area is 143 Å². The topological polar surface area (TPSA) is 76.7 Å². The van der Waals surface area contributed by atoms with Gasteiger partial charge in [-0.2, -0.15) is 0 Å².